The van der Waals surface area contributed by atoms with Crippen LogP contribution in [0.25, 0.3) is 0 Å². The molecule has 5 rings (SSSR count). The molecule has 2 atom stereocenters. The van der Waals surface area contributed by atoms with Crippen LogP contribution in [0.3, 0.4) is 0 Å². The van der Waals surface area contributed by atoms with Crippen molar-refractivity contribution in [3.63, 3.8) is 0 Å². The normalized spacial score (nSPS) is 20.4. The molecule has 0 aliphatic carbocycles. The number of carbonyl (C=O) groups excluding carboxylic acids is 1. The summed E-state index contributed by atoms with van der Waals surface area (Å²) >= 11 is 0. The van der Waals surface area contributed by atoms with Crippen LogP contribution in [-0.2, 0) is 13.1 Å². The first-order chi connectivity index (χ1) is 14.7. The largest absolute Gasteiger partial charge is 0.497 e. The molecule has 1 aromatic heterocycles. The van der Waals surface area contributed by atoms with Crippen LogP contribution in [0.1, 0.15) is 34.3 Å². The van der Waals surface area contributed by atoms with E-state index >= 15 is 0 Å². The fraction of sp³-hybridized carbons (Fsp3) is 0.348. The summed E-state index contributed by atoms with van der Waals surface area (Å²) in [6.07, 6.45) is 1.04. The zero-order valence-electron chi connectivity index (χ0n) is 17.0. The molecule has 7 nitrogen and oxygen atoms in total. The topological polar surface area (TPSA) is 72.3 Å². The lowest BCUT2D eigenvalue weighted by Gasteiger charge is -2.25. The summed E-state index contributed by atoms with van der Waals surface area (Å²) in [5, 5.41) is 11.6. The highest BCUT2D eigenvalue weighted by Crippen LogP contribution is 2.38. The molecule has 1 N–H and O–H groups in total. The molecule has 1 fully saturated rings. The minimum Gasteiger partial charge on any atom is -0.497 e. The number of benzene rings is 2. The number of nitrogens with zero attached hydrogens (tertiary/aromatic N) is 4. The molecule has 2 aliphatic rings. The summed E-state index contributed by atoms with van der Waals surface area (Å²) in [5.74, 6) is 2.89. The van der Waals surface area contributed by atoms with Gasteiger partial charge in [0.25, 0.3) is 5.91 Å². The highest BCUT2D eigenvalue weighted by Gasteiger charge is 2.40. The van der Waals surface area contributed by atoms with Crippen LogP contribution in [0.5, 0.6) is 5.75 Å². The number of para-hydroxylation sites is 1. The van der Waals surface area contributed by atoms with Crippen molar-refractivity contribution in [1.82, 2.24) is 19.7 Å². The van der Waals surface area contributed by atoms with Crippen LogP contribution in [0.15, 0.2) is 54.6 Å². The van der Waals surface area contributed by atoms with Gasteiger partial charge in [-0.1, -0.05) is 30.3 Å². The number of rotatable bonds is 5. The summed E-state index contributed by atoms with van der Waals surface area (Å²) in [4.78, 5) is 15.2. The van der Waals surface area contributed by atoms with E-state index in [4.69, 9.17) is 4.74 Å². The van der Waals surface area contributed by atoms with E-state index in [-0.39, 0.29) is 5.91 Å². The van der Waals surface area contributed by atoms with Crippen LogP contribution >= 0.6 is 0 Å². The van der Waals surface area contributed by atoms with Gasteiger partial charge in [0.15, 0.2) is 0 Å². The third-order valence-electron chi connectivity index (χ3n) is 6.13. The predicted molar refractivity (Wildman–Crippen MR) is 114 cm³/mol. The van der Waals surface area contributed by atoms with Gasteiger partial charge < -0.3 is 14.6 Å². The van der Waals surface area contributed by atoms with E-state index in [9.17, 15) is 4.79 Å². The Bertz CT molecular complexity index is 1050. The maximum absolute atomic E-state index is 12.7. The number of anilines is 1. The highest BCUT2D eigenvalue weighted by atomic mass is 16.5. The molecule has 2 unspecified atom stereocenters. The van der Waals surface area contributed by atoms with E-state index in [1.54, 1.807) is 7.11 Å². The molecule has 1 saturated heterocycles. The van der Waals surface area contributed by atoms with Gasteiger partial charge in [-0.05, 0) is 42.2 Å². The standard InChI is InChI=1S/C23H25N5O2/c1-30-19-9-5-6-16(12-19)13-27-14-17-10-11-28-21(20(17)15-27)25-26-22(28)23(29)24-18-7-3-2-4-8-18/h2-9,12,17,20H,10-11,13-15H2,1H3,(H,24,29). The Morgan fingerprint density at radius 2 is 2.00 bits per heavy atom. The Kier molecular flexibility index (Phi) is 4.96. The molecule has 1 amide bonds. The van der Waals surface area contributed by atoms with Crippen LogP contribution in [-0.4, -0.2) is 45.8 Å². The van der Waals surface area contributed by atoms with Crippen molar-refractivity contribution in [1.29, 1.82) is 0 Å². The maximum atomic E-state index is 12.7. The third-order valence-corrected chi connectivity index (χ3v) is 6.13. The van der Waals surface area contributed by atoms with Crippen LogP contribution in [0.4, 0.5) is 5.69 Å². The molecule has 3 heterocycles. The molecule has 3 aromatic rings. The maximum Gasteiger partial charge on any atom is 0.293 e. The Balaban J connectivity index is 1.31. The van der Waals surface area contributed by atoms with Gasteiger partial charge in [0.05, 0.1) is 7.11 Å². The van der Waals surface area contributed by atoms with Gasteiger partial charge >= 0.3 is 0 Å². The number of aromatic nitrogens is 3. The zero-order valence-corrected chi connectivity index (χ0v) is 17.0. The summed E-state index contributed by atoms with van der Waals surface area (Å²) in [5.41, 5.74) is 2.01. The van der Waals surface area contributed by atoms with Gasteiger partial charge in [-0.3, -0.25) is 9.69 Å². The molecule has 30 heavy (non-hydrogen) atoms. The van der Waals surface area contributed by atoms with Crippen molar-refractivity contribution in [3.8, 4) is 5.75 Å². The molecular formula is C23H25N5O2. The SMILES string of the molecule is COc1cccc(CN2CC3CCn4c(C(=O)Nc5ccccc5)nnc4C3C2)c1. The Hall–Kier alpha value is -3.19. The van der Waals surface area contributed by atoms with E-state index in [1.807, 2.05) is 47.0 Å². The number of ether oxygens (including phenoxy) is 1. The first-order valence-corrected chi connectivity index (χ1v) is 10.4. The summed E-state index contributed by atoms with van der Waals surface area (Å²) in [6, 6.07) is 17.7. The quantitative estimate of drug-likeness (QED) is 0.709. The average Bonchev–Trinajstić information content (AvgIpc) is 3.38. The number of fused-ring (bicyclic) bond motifs is 3. The van der Waals surface area contributed by atoms with Crippen molar-refractivity contribution < 1.29 is 9.53 Å². The molecule has 0 saturated carbocycles. The molecule has 7 heteroatoms. The van der Waals surface area contributed by atoms with Gasteiger partial charge in [0.1, 0.15) is 11.6 Å². The first-order valence-electron chi connectivity index (χ1n) is 10.4. The summed E-state index contributed by atoms with van der Waals surface area (Å²) < 4.78 is 7.36. The fourth-order valence-electron chi connectivity index (χ4n) is 4.68. The molecular weight excluding hydrogens is 378 g/mol. The van der Waals surface area contributed by atoms with Crippen molar-refractivity contribution >= 4 is 11.6 Å². The minimum atomic E-state index is -0.204. The van der Waals surface area contributed by atoms with Gasteiger partial charge in [-0.25, -0.2) is 0 Å². The third kappa shape index (κ3) is 3.57. The van der Waals surface area contributed by atoms with Crippen molar-refractivity contribution in [2.75, 3.05) is 25.5 Å². The van der Waals surface area contributed by atoms with E-state index < -0.39 is 0 Å². The number of nitrogens with one attached hydrogen (secondary N) is 1. The monoisotopic (exact) mass is 403 g/mol. The van der Waals surface area contributed by atoms with E-state index in [1.165, 1.54) is 5.56 Å². The van der Waals surface area contributed by atoms with Gasteiger partial charge in [-0.15, -0.1) is 10.2 Å². The second kappa shape index (κ2) is 7.91. The van der Waals surface area contributed by atoms with Crippen LogP contribution < -0.4 is 10.1 Å². The second-order valence-corrected chi connectivity index (χ2v) is 8.05. The van der Waals surface area contributed by atoms with Crippen molar-refractivity contribution in [2.24, 2.45) is 5.92 Å². The molecule has 2 aliphatic heterocycles. The second-order valence-electron chi connectivity index (χ2n) is 8.05. The zero-order chi connectivity index (χ0) is 20.5. The van der Waals surface area contributed by atoms with Gasteiger partial charge in [0, 0.05) is 37.8 Å². The fourth-order valence-corrected chi connectivity index (χ4v) is 4.68. The van der Waals surface area contributed by atoms with E-state index in [0.29, 0.717) is 17.7 Å². The molecule has 154 valence electrons. The smallest absolute Gasteiger partial charge is 0.293 e. The van der Waals surface area contributed by atoms with Crippen LogP contribution in [0, 0.1) is 5.92 Å². The Morgan fingerprint density at radius 3 is 2.83 bits per heavy atom. The number of methoxy groups -OCH3 is 1. The van der Waals surface area contributed by atoms with E-state index in [0.717, 1.165) is 49.9 Å². The summed E-state index contributed by atoms with van der Waals surface area (Å²) in [6.45, 7) is 3.65. The van der Waals surface area contributed by atoms with E-state index in [2.05, 4.69) is 32.5 Å². The average molecular weight is 403 g/mol. The number of hydrogen-bond acceptors (Lipinski definition) is 5. The Labute approximate surface area is 175 Å². The number of hydrogen-bond donors (Lipinski definition) is 1. The molecule has 2 aromatic carbocycles. The van der Waals surface area contributed by atoms with Crippen molar-refractivity contribution in [3.05, 3.63) is 71.8 Å². The predicted octanol–water partition coefficient (Wildman–Crippen LogP) is 3.16. The minimum absolute atomic E-state index is 0.204. The number of carbonyl (C=O) groups is 1. The van der Waals surface area contributed by atoms with Crippen molar-refractivity contribution in [2.45, 2.75) is 25.4 Å². The van der Waals surface area contributed by atoms with Crippen LogP contribution in [0.2, 0.25) is 0 Å². The molecule has 0 radical (unpaired) electrons. The lowest BCUT2D eigenvalue weighted by atomic mass is 9.89. The summed E-state index contributed by atoms with van der Waals surface area (Å²) in [7, 11) is 1.70. The lowest BCUT2D eigenvalue weighted by molar-refractivity contribution is 0.101. The van der Waals surface area contributed by atoms with Gasteiger partial charge in [-0.2, -0.15) is 0 Å². The van der Waals surface area contributed by atoms with Gasteiger partial charge in [0.2, 0.25) is 5.82 Å². The number of likely N-dealkylation sites (tertiary alicyclic amines) is 1. The highest BCUT2D eigenvalue weighted by molar-refractivity contribution is 6.01. The first kappa shape index (κ1) is 18.8. The molecule has 0 spiro atoms. The Morgan fingerprint density at radius 1 is 1.13 bits per heavy atom. The molecule has 0 bridgehead atoms. The number of amides is 1. The lowest BCUT2D eigenvalue weighted by Crippen LogP contribution is -2.27.